The van der Waals surface area contributed by atoms with Gasteiger partial charge in [-0.15, -0.1) is 0 Å². The topological polar surface area (TPSA) is 77.8 Å². The second-order valence-electron chi connectivity index (χ2n) is 11.0. The van der Waals surface area contributed by atoms with Crippen molar-refractivity contribution >= 4 is 65.4 Å². The highest BCUT2D eigenvalue weighted by Crippen LogP contribution is 2.40. The van der Waals surface area contributed by atoms with E-state index in [2.05, 4.69) is 45.0 Å². The van der Waals surface area contributed by atoms with Crippen LogP contribution < -0.4 is 10.4 Å². The molecule has 1 aliphatic heterocycles. The lowest BCUT2D eigenvalue weighted by molar-refractivity contribution is -0.231. The number of nitrogens with one attached hydrogen (secondary N) is 1. The first-order valence-electron chi connectivity index (χ1n) is 13.4. The fourth-order valence-electron chi connectivity index (χ4n) is 5.15. The number of halogens is 3. The van der Waals surface area contributed by atoms with Crippen LogP contribution in [-0.2, 0) is 18.6 Å². The molecule has 1 heterocycles. The fraction of sp³-hybridized carbons (Fsp3) is 0.355. The Hall–Kier alpha value is -2.39. The molecule has 4 unspecified atom stereocenters. The van der Waals surface area contributed by atoms with Gasteiger partial charge in [-0.05, 0) is 34.5 Å². The number of ether oxygens (including phenoxy) is 3. The third-order valence-electron chi connectivity index (χ3n) is 7.14. The van der Waals surface area contributed by atoms with Gasteiger partial charge in [-0.1, -0.05) is 134 Å². The molecule has 41 heavy (non-hydrogen) atoms. The number of hydrogen-bond donors (Lipinski definition) is 1. The highest BCUT2D eigenvalue weighted by Gasteiger charge is 2.54. The Morgan fingerprint density at radius 3 is 1.78 bits per heavy atom. The SMILES string of the molecule is CC1OC(OC(=N)C(Cl)(Cl)Cl)C(OC(=O)c2ccccc2)CC1O[Si](c1ccccc1)(c1ccccc1)C(C)(C)C. The maximum atomic E-state index is 13.1. The minimum Gasteiger partial charge on any atom is -0.452 e. The molecular weight excluding hydrogens is 601 g/mol. The van der Waals surface area contributed by atoms with Gasteiger partial charge >= 0.3 is 5.97 Å². The fourth-order valence-corrected chi connectivity index (χ4v) is 10.0. The van der Waals surface area contributed by atoms with E-state index in [4.69, 9.17) is 58.8 Å². The van der Waals surface area contributed by atoms with Gasteiger partial charge in [0, 0.05) is 6.42 Å². The molecule has 0 spiro atoms. The van der Waals surface area contributed by atoms with Crippen molar-refractivity contribution < 1.29 is 23.4 Å². The van der Waals surface area contributed by atoms with E-state index in [0.717, 1.165) is 10.4 Å². The van der Waals surface area contributed by atoms with Crippen molar-refractivity contribution in [1.82, 2.24) is 0 Å². The van der Waals surface area contributed by atoms with Crippen LogP contribution in [0.3, 0.4) is 0 Å². The summed E-state index contributed by atoms with van der Waals surface area (Å²) in [6, 6.07) is 29.1. The van der Waals surface area contributed by atoms with Gasteiger partial charge in [-0.25, -0.2) is 4.79 Å². The first-order valence-corrected chi connectivity index (χ1v) is 16.4. The van der Waals surface area contributed by atoms with Gasteiger partial charge in [-0.2, -0.15) is 0 Å². The van der Waals surface area contributed by atoms with Crippen LogP contribution in [0.15, 0.2) is 91.0 Å². The summed E-state index contributed by atoms with van der Waals surface area (Å²) in [4.78, 5) is 13.1. The molecule has 0 saturated carbocycles. The lowest BCUT2D eigenvalue weighted by Crippen LogP contribution is -2.69. The summed E-state index contributed by atoms with van der Waals surface area (Å²) in [5, 5.41) is 10.1. The molecule has 1 N–H and O–H groups in total. The molecule has 4 atom stereocenters. The van der Waals surface area contributed by atoms with Gasteiger partial charge in [0.1, 0.15) is 0 Å². The van der Waals surface area contributed by atoms with Crippen molar-refractivity contribution in [2.24, 2.45) is 0 Å². The van der Waals surface area contributed by atoms with Gasteiger partial charge in [0.25, 0.3) is 12.1 Å². The summed E-state index contributed by atoms with van der Waals surface area (Å²) in [6.07, 6.45) is -2.88. The minimum absolute atomic E-state index is 0.238. The molecule has 3 aromatic carbocycles. The van der Waals surface area contributed by atoms with Crippen molar-refractivity contribution in [2.75, 3.05) is 0 Å². The van der Waals surface area contributed by atoms with Crippen LogP contribution in [0.25, 0.3) is 0 Å². The van der Waals surface area contributed by atoms with Crippen LogP contribution in [0.1, 0.15) is 44.5 Å². The Labute approximate surface area is 257 Å². The van der Waals surface area contributed by atoms with Gasteiger partial charge in [0.15, 0.2) is 6.10 Å². The standard InChI is InChI=1S/C31H34Cl3NO5Si/c1-21-25(40-41(30(2,3)4,23-16-10-6-11-17-23)24-18-12-7-13-19-24)20-26(28(37-21)39-29(35)31(32,33)34)38-27(36)22-14-8-5-9-15-22/h5-19,21,25-26,28,35H,20H2,1-4H3. The number of benzene rings is 3. The van der Waals surface area contributed by atoms with Crippen molar-refractivity contribution in [3.8, 4) is 0 Å². The van der Waals surface area contributed by atoms with E-state index in [1.54, 1.807) is 24.3 Å². The average Bonchev–Trinajstić information content (AvgIpc) is 2.94. The molecule has 6 nitrogen and oxygen atoms in total. The minimum atomic E-state index is -2.96. The van der Waals surface area contributed by atoms with E-state index in [0.29, 0.717) is 5.56 Å². The third kappa shape index (κ3) is 7.16. The first kappa shape index (κ1) is 31.5. The first-order chi connectivity index (χ1) is 19.3. The smallest absolute Gasteiger partial charge is 0.338 e. The van der Waals surface area contributed by atoms with Crippen molar-refractivity contribution in [3.63, 3.8) is 0 Å². The molecule has 10 heteroatoms. The maximum absolute atomic E-state index is 13.1. The zero-order valence-electron chi connectivity index (χ0n) is 23.4. The summed E-state index contributed by atoms with van der Waals surface area (Å²) in [6.45, 7) is 8.44. The summed E-state index contributed by atoms with van der Waals surface area (Å²) < 4.78 is 23.0. The highest BCUT2D eigenvalue weighted by atomic mass is 35.6. The summed E-state index contributed by atoms with van der Waals surface area (Å²) >= 11 is 17.7. The second kappa shape index (κ2) is 12.9. The van der Waals surface area contributed by atoms with Crippen molar-refractivity contribution in [1.29, 1.82) is 5.41 Å². The normalized spacial score (nSPS) is 21.6. The maximum Gasteiger partial charge on any atom is 0.338 e. The summed E-state index contributed by atoms with van der Waals surface area (Å²) in [5.41, 5.74) is 0.366. The quantitative estimate of drug-likeness (QED) is 0.103. The molecule has 218 valence electrons. The molecule has 4 rings (SSSR count). The van der Waals surface area contributed by atoms with Crippen LogP contribution in [0.4, 0.5) is 0 Å². The zero-order valence-corrected chi connectivity index (χ0v) is 26.6. The van der Waals surface area contributed by atoms with Crippen LogP contribution in [0, 0.1) is 5.41 Å². The molecule has 3 aromatic rings. The van der Waals surface area contributed by atoms with Crippen LogP contribution in [0.5, 0.6) is 0 Å². The lowest BCUT2D eigenvalue weighted by Gasteiger charge is -2.48. The molecule has 0 radical (unpaired) electrons. The van der Waals surface area contributed by atoms with E-state index >= 15 is 0 Å². The molecule has 0 bridgehead atoms. The van der Waals surface area contributed by atoms with Gasteiger partial charge in [0.2, 0.25) is 12.2 Å². The number of esters is 1. The van der Waals surface area contributed by atoms with Gasteiger partial charge in [-0.3, -0.25) is 5.41 Å². The Balaban J connectivity index is 1.72. The molecule has 1 saturated heterocycles. The second-order valence-corrected chi connectivity index (χ2v) is 17.6. The van der Waals surface area contributed by atoms with Crippen LogP contribution >= 0.6 is 34.8 Å². The monoisotopic (exact) mass is 633 g/mol. The number of alkyl halides is 3. The van der Waals surface area contributed by atoms with Gasteiger partial charge in [0.05, 0.1) is 17.8 Å². The average molecular weight is 635 g/mol. The zero-order chi connectivity index (χ0) is 29.8. The van der Waals surface area contributed by atoms with Crippen LogP contribution in [0.2, 0.25) is 5.04 Å². The van der Waals surface area contributed by atoms with Crippen molar-refractivity contribution in [2.45, 2.75) is 67.5 Å². The third-order valence-corrected chi connectivity index (χ3v) is 12.7. The number of rotatable bonds is 7. The summed E-state index contributed by atoms with van der Waals surface area (Å²) in [7, 11) is -2.96. The molecule has 0 amide bonds. The lowest BCUT2D eigenvalue weighted by atomic mass is 10.0. The Morgan fingerprint density at radius 2 is 1.32 bits per heavy atom. The Morgan fingerprint density at radius 1 is 0.829 bits per heavy atom. The number of carbonyl (C=O) groups excluding carboxylic acids is 1. The molecule has 1 fully saturated rings. The van der Waals surface area contributed by atoms with E-state index < -0.39 is 48.6 Å². The van der Waals surface area contributed by atoms with Crippen molar-refractivity contribution in [3.05, 3.63) is 96.6 Å². The molecule has 0 aliphatic carbocycles. The van der Waals surface area contributed by atoms with E-state index in [9.17, 15) is 4.79 Å². The number of carbonyl (C=O) groups is 1. The summed E-state index contributed by atoms with van der Waals surface area (Å²) in [5.74, 6) is -1.20. The Kier molecular flexibility index (Phi) is 9.89. The predicted octanol–water partition coefficient (Wildman–Crippen LogP) is 6.66. The number of hydrogen-bond acceptors (Lipinski definition) is 6. The molecule has 1 aliphatic rings. The van der Waals surface area contributed by atoms with E-state index in [1.165, 1.54) is 0 Å². The van der Waals surface area contributed by atoms with Crippen LogP contribution in [-0.4, -0.2) is 48.6 Å². The van der Waals surface area contributed by atoms with E-state index in [1.807, 2.05) is 49.4 Å². The predicted molar refractivity (Wildman–Crippen MR) is 166 cm³/mol. The largest absolute Gasteiger partial charge is 0.452 e. The van der Waals surface area contributed by atoms with E-state index in [-0.39, 0.29) is 11.5 Å². The highest BCUT2D eigenvalue weighted by molar-refractivity contribution is 6.99. The molecular formula is C31H34Cl3NO5Si. The molecule has 0 aromatic heterocycles. The Bertz CT molecular complexity index is 1280. The van der Waals surface area contributed by atoms with Gasteiger partial charge < -0.3 is 18.6 Å².